The summed E-state index contributed by atoms with van der Waals surface area (Å²) in [6, 6.07) is 5.32. The molecule has 3 N–H and O–H groups in total. The summed E-state index contributed by atoms with van der Waals surface area (Å²) in [5.74, 6) is -1.92. The van der Waals surface area contributed by atoms with Gasteiger partial charge in [-0.2, -0.15) is 0 Å². The maximum Gasteiger partial charge on any atom is 0.326 e. The SMILES string of the molecule is NC(=O)n1c(O)c(C(=O)c2ccco2)c2ccc(F)cc21. The average molecular weight is 288 g/mol. The van der Waals surface area contributed by atoms with Gasteiger partial charge in [-0.05, 0) is 30.3 Å². The van der Waals surface area contributed by atoms with Crippen molar-refractivity contribution in [1.82, 2.24) is 4.57 Å². The van der Waals surface area contributed by atoms with Gasteiger partial charge in [-0.15, -0.1) is 0 Å². The highest BCUT2D eigenvalue weighted by atomic mass is 19.1. The first-order valence-electron chi connectivity index (χ1n) is 5.91. The normalized spacial score (nSPS) is 10.9. The lowest BCUT2D eigenvalue weighted by Crippen LogP contribution is -2.19. The Balaban J connectivity index is 2.35. The molecule has 0 aliphatic carbocycles. The van der Waals surface area contributed by atoms with Crippen molar-refractivity contribution < 1.29 is 23.5 Å². The Labute approximate surface area is 117 Å². The lowest BCUT2D eigenvalue weighted by atomic mass is 10.1. The van der Waals surface area contributed by atoms with Crippen molar-refractivity contribution in [2.24, 2.45) is 5.73 Å². The summed E-state index contributed by atoms with van der Waals surface area (Å²) in [6.45, 7) is 0. The van der Waals surface area contributed by atoms with Gasteiger partial charge in [0.15, 0.2) is 5.76 Å². The number of carbonyl (C=O) groups is 2. The number of hydrogen-bond acceptors (Lipinski definition) is 4. The second-order valence-electron chi connectivity index (χ2n) is 4.34. The topological polar surface area (TPSA) is 98.5 Å². The van der Waals surface area contributed by atoms with Crippen LogP contribution < -0.4 is 5.73 Å². The molecule has 0 unspecified atom stereocenters. The standard InChI is InChI=1S/C14H9FN2O4/c15-7-3-4-8-9(6-7)17(14(16)20)13(19)11(8)12(18)10-2-1-5-21-10/h1-6,19H,(H2,16,20). The second-order valence-corrected chi connectivity index (χ2v) is 4.34. The molecule has 0 aliphatic rings. The summed E-state index contributed by atoms with van der Waals surface area (Å²) < 4.78 is 19.0. The average Bonchev–Trinajstić information content (AvgIpc) is 3.02. The van der Waals surface area contributed by atoms with E-state index in [2.05, 4.69) is 0 Å². The van der Waals surface area contributed by atoms with Crippen LogP contribution in [0.25, 0.3) is 10.9 Å². The monoisotopic (exact) mass is 288 g/mol. The third-order valence-corrected chi connectivity index (χ3v) is 3.10. The Morgan fingerprint density at radius 1 is 1.29 bits per heavy atom. The van der Waals surface area contributed by atoms with Crippen LogP contribution in [0.2, 0.25) is 0 Å². The lowest BCUT2D eigenvalue weighted by Gasteiger charge is -2.00. The minimum absolute atomic E-state index is 0.00917. The summed E-state index contributed by atoms with van der Waals surface area (Å²) >= 11 is 0. The van der Waals surface area contributed by atoms with Crippen molar-refractivity contribution >= 4 is 22.7 Å². The van der Waals surface area contributed by atoms with E-state index >= 15 is 0 Å². The van der Waals surface area contributed by atoms with Crippen molar-refractivity contribution in [3.05, 3.63) is 53.7 Å². The molecule has 2 heterocycles. The third kappa shape index (κ3) is 1.86. The number of aromatic hydroxyl groups is 1. The van der Waals surface area contributed by atoms with Crippen LogP contribution in [-0.4, -0.2) is 21.5 Å². The first-order chi connectivity index (χ1) is 10.0. The molecule has 0 aliphatic heterocycles. The fourth-order valence-electron chi connectivity index (χ4n) is 2.23. The molecule has 6 nitrogen and oxygen atoms in total. The van der Waals surface area contributed by atoms with Crippen LogP contribution in [0.4, 0.5) is 9.18 Å². The molecule has 0 atom stereocenters. The minimum atomic E-state index is -1.03. The van der Waals surface area contributed by atoms with Gasteiger partial charge in [0.25, 0.3) is 0 Å². The van der Waals surface area contributed by atoms with E-state index in [-0.39, 0.29) is 22.2 Å². The van der Waals surface area contributed by atoms with Gasteiger partial charge in [-0.25, -0.2) is 13.8 Å². The van der Waals surface area contributed by atoms with Crippen molar-refractivity contribution in [1.29, 1.82) is 0 Å². The van der Waals surface area contributed by atoms with E-state index in [1.165, 1.54) is 24.5 Å². The molecule has 0 spiro atoms. The number of rotatable bonds is 2. The Morgan fingerprint density at radius 3 is 2.67 bits per heavy atom. The van der Waals surface area contributed by atoms with E-state index in [1.54, 1.807) is 0 Å². The molecule has 0 fully saturated rings. The molecule has 1 amide bonds. The fraction of sp³-hybridized carbons (Fsp3) is 0. The summed E-state index contributed by atoms with van der Waals surface area (Å²) in [5.41, 5.74) is 5.01. The highest BCUT2D eigenvalue weighted by Crippen LogP contribution is 2.33. The Bertz CT molecular complexity index is 865. The highest BCUT2D eigenvalue weighted by molar-refractivity contribution is 6.18. The van der Waals surface area contributed by atoms with Gasteiger partial charge in [0.05, 0.1) is 17.3 Å². The number of fused-ring (bicyclic) bond motifs is 1. The number of nitrogens with two attached hydrogens (primary N) is 1. The molecule has 1 aromatic carbocycles. The van der Waals surface area contributed by atoms with Crippen LogP contribution in [0.3, 0.4) is 0 Å². The Morgan fingerprint density at radius 2 is 2.05 bits per heavy atom. The molecular formula is C14H9FN2O4. The predicted molar refractivity (Wildman–Crippen MR) is 70.7 cm³/mol. The van der Waals surface area contributed by atoms with Crippen molar-refractivity contribution in [3.8, 4) is 5.88 Å². The van der Waals surface area contributed by atoms with Crippen LogP contribution >= 0.6 is 0 Å². The molecule has 106 valence electrons. The van der Waals surface area contributed by atoms with Crippen molar-refractivity contribution in [3.63, 3.8) is 0 Å². The quantitative estimate of drug-likeness (QED) is 0.706. The van der Waals surface area contributed by atoms with Crippen LogP contribution in [0.15, 0.2) is 41.0 Å². The number of nitrogens with zero attached hydrogens (tertiary/aromatic N) is 1. The first kappa shape index (κ1) is 12.9. The second kappa shape index (κ2) is 4.48. The van der Waals surface area contributed by atoms with Crippen LogP contribution in [-0.2, 0) is 0 Å². The van der Waals surface area contributed by atoms with E-state index < -0.39 is 23.5 Å². The highest BCUT2D eigenvalue weighted by Gasteiger charge is 2.27. The van der Waals surface area contributed by atoms with E-state index in [4.69, 9.17) is 10.2 Å². The van der Waals surface area contributed by atoms with Gasteiger partial charge in [-0.1, -0.05) is 0 Å². The van der Waals surface area contributed by atoms with Crippen LogP contribution in [0, 0.1) is 5.82 Å². The Hall–Kier alpha value is -3.09. The van der Waals surface area contributed by atoms with Gasteiger partial charge in [0, 0.05) is 5.39 Å². The number of ketones is 1. The van der Waals surface area contributed by atoms with Crippen LogP contribution in [0.1, 0.15) is 16.1 Å². The number of hydrogen-bond donors (Lipinski definition) is 2. The summed E-state index contributed by atoms with van der Waals surface area (Å²) in [4.78, 5) is 23.8. The van der Waals surface area contributed by atoms with Gasteiger partial charge >= 0.3 is 6.03 Å². The minimum Gasteiger partial charge on any atom is -0.494 e. The number of furan rings is 1. The molecule has 0 bridgehead atoms. The zero-order valence-electron chi connectivity index (χ0n) is 10.5. The number of halogens is 1. The fourth-order valence-corrected chi connectivity index (χ4v) is 2.23. The molecule has 7 heteroatoms. The predicted octanol–water partition coefficient (Wildman–Crippen LogP) is 2.24. The van der Waals surface area contributed by atoms with Gasteiger partial charge in [0.1, 0.15) is 5.82 Å². The summed E-state index contributed by atoms with van der Waals surface area (Å²) in [6.07, 6.45) is 1.30. The van der Waals surface area contributed by atoms with Crippen LogP contribution in [0.5, 0.6) is 5.88 Å². The molecular weight excluding hydrogens is 279 g/mol. The van der Waals surface area contributed by atoms with E-state index in [1.807, 2.05) is 0 Å². The number of aromatic nitrogens is 1. The zero-order chi connectivity index (χ0) is 15.1. The number of benzene rings is 1. The molecule has 21 heavy (non-hydrogen) atoms. The molecule has 0 saturated heterocycles. The zero-order valence-corrected chi connectivity index (χ0v) is 10.5. The number of amides is 1. The van der Waals surface area contributed by atoms with E-state index in [0.29, 0.717) is 4.57 Å². The largest absolute Gasteiger partial charge is 0.494 e. The molecule has 3 rings (SSSR count). The number of carbonyl (C=O) groups excluding carboxylic acids is 2. The molecule has 0 saturated carbocycles. The van der Waals surface area contributed by atoms with Gasteiger partial charge in [0.2, 0.25) is 11.7 Å². The van der Waals surface area contributed by atoms with E-state index in [0.717, 1.165) is 12.1 Å². The summed E-state index contributed by atoms with van der Waals surface area (Å²) in [5, 5.41) is 10.3. The molecule has 2 aromatic heterocycles. The molecule has 3 aromatic rings. The Kier molecular flexibility index (Phi) is 2.76. The maximum absolute atomic E-state index is 13.3. The summed E-state index contributed by atoms with van der Waals surface area (Å²) in [7, 11) is 0. The molecule has 0 radical (unpaired) electrons. The van der Waals surface area contributed by atoms with Crippen molar-refractivity contribution in [2.75, 3.05) is 0 Å². The van der Waals surface area contributed by atoms with Gasteiger partial charge < -0.3 is 15.3 Å². The van der Waals surface area contributed by atoms with Crippen molar-refractivity contribution in [2.45, 2.75) is 0 Å². The number of primary amides is 1. The first-order valence-corrected chi connectivity index (χ1v) is 5.91. The van der Waals surface area contributed by atoms with E-state index in [9.17, 15) is 19.1 Å². The lowest BCUT2D eigenvalue weighted by molar-refractivity contribution is 0.101. The third-order valence-electron chi connectivity index (χ3n) is 3.10. The smallest absolute Gasteiger partial charge is 0.326 e. The maximum atomic E-state index is 13.3. The van der Waals surface area contributed by atoms with Gasteiger partial charge in [-0.3, -0.25) is 4.79 Å².